The smallest absolute Gasteiger partial charge is 0.222 e. The number of hydrogen-bond acceptors (Lipinski definition) is 4. The van der Waals surface area contributed by atoms with Crippen LogP contribution in [0.2, 0.25) is 0 Å². The van der Waals surface area contributed by atoms with E-state index in [9.17, 15) is 4.79 Å². The summed E-state index contributed by atoms with van der Waals surface area (Å²) in [4.78, 5) is 16.6. The average molecular weight is 389 g/mol. The Bertz CT molecular complexity index is 647. The molecule has 3 rings (SSSR count). The van der Waals surface area contributed by atoms with E-state index in [1.807, 2.05) is 6.07 Å². The van der Waals surface area contributed by atoms with Crippen LogP contribution >= 0.6 is 0 Å². The summed E-state index contributed by atoms with van der Waals surface area (Å²) in [5.41, 5.74) is 1.29. The average Bonchev–Trinajstić information content (AvgIpc) is 2.68. The van der Waals surface area contributed by atoms with E-state index < -0.39 is 0 Å². The van der Waals surface area contributed by atoms with Gasteiger partial charge in [0.25, 0.3) is 0 Å². The molecule has 1 atom stereocenters. The van der Waals surface area contributed by atoms with E-state index in [0.29, 0.717) is 31.2 Å². The van der Waals surface area contributed by atoms with Crippen molar-refractivity contribution in [2.45, 2.75) is 71.4 Å². The molecule has 2 aliphatic rings. The number of amides is 1. The SMILES string of the molecule is CC(C)N(CCCCN1CCCCC1=O)C(C)Cc1ccc2c(c1)OCCO2. The summed E-state index contributed by atoms with van der Waals surface area (Å²) in [5, 5.41) is 0. The first-order valence-electron chi connectivity index (χ1n) is 11.0. The molecule has 1 aromatic carbocycles. The molecule has 0 aliphatic carbocycles. The Kier molecular flexibility index (Phi) is 7.60. The van der Waals surface area contributed by atoms with Gasteiger partial charge in [0.05, 0.1) is 0 Å². The van der Waals surface area contributed by atoms with E-state index in [4.69, 9.17) is 9.47 Å². The molecule has 28 heavy (non-hydrogen) atoms. The number of unbranched alkanes of at least 4 members (excludes halogenated alkanes) is 1. The van der Waals surface area contributed by atoms with Gasteiger partial charge in [0.2, 0.25) is 5.91 Å². The maximum Gasteiger partial charge on any atom is 0.222 e. The van der Waals surface area contributed by atoms with E-state index in [1.165, 1.54) is 5.56 Å². The summed E-state index contributed by atoms with van der Waals surface area (Å²) in [6, 6.07) is 7.28. The van der Waals surface area contributed by atoms with Crippen LogP contribution < -0.4 is 9.47 Å². The van der Waals surface area contributed by atoms with Crippen molar-refractivity contribution in [1.82, 2.24) is 9.80 Å². The molecule has 2 heterocycles. The number of fused-ring (bicyclic) bond motifs is 1. The minimum atomic E-state index is 0.346. The molecule has 0 radical (unpaired) electrons. The fraction of sp³-hybridized carbons (Fsp3) is 0.696. The van der Waals surface area contributed by atoms with Crippen LogP contribution in [0.1, 0.15) is 58.4 Å². The molecule has 156 valence electrons. The van der Waals surface area contributed by atoms with Crippen LogP contribution in [0.5, 0.6) is 11.5 Å². The first-order valence-corrected chi connectivity index (χ1v) is 11.0. The molecule has 5 nitrogen and oxygen atoms in total. The number of nitrogens with zero attached hydrogens (tertiary/aromatic N) is 2. The van der Waals surface area contributed by atoms with Crippen LogP contribution in [0.3, 0.4) is 0 Å². The van der Waals surface area contributed by atoms with Gasteiger partial charge in [-0.3, -0.25) is 9.69 Å². The van der Waals surface area contributed by atoms with Crippen molar-refractivity contribution in [1.29, 1.82) is 0 Å². The molecule has 0 spiro atoms. The number of benzene rings is 1. The van der Waals surface area contributed by atoms with Gasteiger partial charge in [-0.05, 0) is 77.1 Å². The van der Waals surface area contributed by atoms with Crippen LogP contribution in [0.25, 0.3) is 0 Å². The molecule has 0 aromatic heterocycles. The second kappa shape index (κ2) is 10.1. The molecule has 1 saturated heterocycles. The van der Waals surface area contributed by atoms with Crippen LogP contribution in [-0.4, -0.2) is 60.6 Å². The lowest BCUT2D eigenvalue weighted by molar-refractivity contribution is -0.133. The minimum absolute atomic E-state index is 0.346. The third-order valence-electron chi connectivity index (χ3n) is 5.88. The van der Waals surface area contributed by atoms with Gasteiger partial charge in [0, 0.05) is 31.6 Å². The van der Waals surface area contributed by atoms with Crippen LogP contribution in [0, 0.1) is 0 Å². The Morgan fingerprint density at radius 3 is 2.61 bits per heavy atom. The minimum Gasteiger partial charge on any atom is -0.486 e. The first kappa shape index (κ1) is 21.0. The van der Waals surface area contributed by atoms with Crippen molar-refractivity contribution in [3.63, 3.8) is 0 Å². The molecular weight excluding hydrogens is 352 g/mol. The largest absolute Gasteiger partial charge is 0.486 e. The topological polar surface area (TPSA) is 42.0 Å². The maximum absolute atomic E-state index is 11.9. The summed E-state index contributed by atoms with van der Waals surface area (Å²) in [7, 11) is 0. The Hall–Kier alpha value is -1.75. The summed E-state index contributed by atoms with van der Waals surface area (Å²) >= 11 is 0. The first-order chi connectivity index (χ1) is 13.5. The fourth-order valence-electron chi connectivity index (χ4n) is 4.36. The Labute approximate surface area is 170 Å². The van der Waals surface area contributed by atoms with Gasteiger partial charge >= 0.3 is 0 Å². The lowest BCUT2D eigenvalue weighted by atomic mass is 10.0. The van der Waals surface area contributed by atoms with Crippen molar-refractivity contribution in [3.05, 3.63) is 23.8 Å². The number of likely N-dealkylation sites (tertiary alicyclic amines) is 1. The van der Waals surface area contributed by atoms with E-state index in [0.717, 1.165) is 69.7 Å². The van der Waals surface area contributed by atoms with Gasteiger partial charge in [0.15, 0.2) is 11.5 Å². The van der Waals surface area contributed by atoms with Crippen molar-refractivity contribution < 1.29 is 14.3 Å². The monoisotopic (exact) mass is 388 g/mol. The normalized spacial score (nSPS) is 18.0. The maximum atomic E-state index is 11.9. The summed E-state index contributed by atoms with van der Waals surface area (Å²) in [5.74, 6) is 2.08. The zero-order valence-corrected chi connectivity index (χ0v) is 17.8. The highest BCUT2D eigenvalue weighted by Crippen LogP contribution is 2.31. The number of piperidine rings is 1. The van der Waals surface area contributed by atoms with Crippen molar-refractivity contribution in [2.24, 2.45) is 0 Å². The molecule has 1 amide bonds. The molecule has 1 aromatic rings. The quantitative estimate of drug-likeness (QED) is 0.602. The van der Waals surface area contributed by atoms with E-state index in [-0.39, 0.29) is 0 Å². The highest BCUT2D eigenvalue weighted by atomic mass is 16.6. The van der Waals surface area contributed by atoms with Gasteiger partial charge in [-0.25, -0.2) is 0 Å². The van der Waals surface area contributed by atoms with Gasteiger partial charge in [0.1, 0.15) is 13.2 Å². The third-order valence-corrected chi connectivity index (χ3v) is 5.88. The Morgan fingerprint density at radius 1 is 1.07 bits per heavy atom. The standard InChI is InChI=1S/C23H36N2O3/c1-18(2)25(13-7-6-12-24-11-5-4-8-23(24)26)19(3)16-20-9-10-21-22(17-20)28-15-14-27-21/h9-10,17-19H,4-8,11-16H2,1-3H3. The predicted octanol–water partition coefficient (Wildman–Crippen LogP) is 3.89. The number of rotatable bonds is 9. The Balaban J connectivity index is 1.48. The molecular formula is C23H36N2O3. The molecule has 1 fully saturated rings. The lowest BCUT2D eigenvalue weighted by Crippen LogP contribution is -2.41. The van der Waals surface area contributed by atoms with Gasteiger partial charge in [-0.15, -0.1) is 0 Å². The van der Waals surface area contributed by atoms with Crippen LogP contribution in [0.15, 0.2) is 18.2 Å². The summed E-state index contributed by atoms with van der Waals surface area (Å²) in [6.07, 6.45) is 6.19. The number of carbonyl (C=O) groups is 1. The zero-order valence-electron chi connectivity index (χ0n) is 17.8. The second-order valence-electron chi connectivity index (χ2n) is 8.41. The van der Waals surface area contributed by atoms with Crippen LogP contribution in [0.4, 0.5) is 0 Å². The molecule has 2 aliphatic heterocycles. The molecule has 5 heteroatoms. The van der Waals surface area contributed by atoms with E-state index >= 15 is 0 Å². The van der Waals surface area contributed by atoms with Crippen LogP contribution in [-0.2, 0) is 11.2 Å². The lowest BCUT2D eigenvalue weighted by Gasteiger charge is -2.33. The zero-order chi connectivity index (χ0) is 19.9. The van der Waals surface area contributed by atoms with Crippen molar-refractivity contribution >= 4 is 5.91 Å². The van der Waals surface area contributed by atoms with Crippen molar-refractivity contribution in [2.75, 3.05) is 32.8 Å². The van der Waals surface area contributed by atoms with E-state index in [2.05, 4.69) is 42.7 Å². The second-order valence-corrected chi connectivity index (χ2v) is 8.41. The molecule has 1 unspecified atom stereocenters. The summed E-state index contributed by atoms with van der Waals surface area (Å²) in [6.45, 7) is 11.1. The van der Waals surface area contributed by atoms with Gasteiger partial charge in [-0.2, -0.15) is 0 Å². The highest BCUT2D eigenvalue weighted by molar-refractivity contribution is 5.76. The number of ether oxygens (including phenoxy) is 2. The number of hydrogen-bond donors (Lipinski definition) is 0. The van der Waals surface area contributed by atoms with Gasteiger partial charge < -0.3 is 14.4 Å². The summed E-state index contributed by atoms with van der Waals surface area (Å²) < 4.78 is 11.4. The third kappa shape index (κ3) is 5.63. The van der Waals surface area contributed by atoms with E-state index in [1.54, 1.807) is 0 Å². The molecule has 0 saturated carbocycles. The van der Waals surface area contributed by atoms with Crippen molar-refractivity contribution in [3.8, 4) is 11.5 Å². The Morgan fingerprint density at radius 2 is 1.86 bits per heavy atom. The fourth-order valence-corrected chi connectivity index (χ4v) is 4.36. The predicted molar refractivity (Wildman–Crippen MR) is 112 cm³/mol. The highest BCUT2D eigenvalue weighted by Gasteiger charge is 2.20. The molecule has 0 bridgehead atoms. The molecule has 0 N–H and O–H groups in total. The number of carbonyl (C=O) groups excluding carboxylic acids is 1. The van der Waals surface area contributed by atoms with Gasteiger partial charge in [-0.1, -0.05) is 6.07 Å².